The molecule has 0 bridgehead atoms. The zero-order chi connectivity index (χ0) is 18.4. The Bertz CT molecular complexity index is 722. The fraction of sp³-hybridized carbons (Fsp3) is 0.381. The van der Waals surface area contributed by atoms with Gasteiger partial charge in [0, 0.05) is 18.2 Å². The molecule has 0 aliphatic carbocycles. The van der Waals surface area contributed by atoms with Crippen LogP contribution in [0.25, 0.3) is 0 Å². The van der Waals surface area contributed by atoms with E-state index >= 15 is 0 Å². The smallest absolute Gasteiger partial charge is 0.254 e. The van der Waals surface area contributed by atoms with E-state index in [0.717, 1.165) is 49.6 Å². The van der Waals surface area contributed by atoms with Crippen LogP contribution >= 0.6 is 0 Å². The summed E-state index contributed by atoms with van der Waals surface area (Å²) in [5.41, 5.74) is 3.08. The highest BCUT2D eigenvalue weighted by atomic mass is 16.5. The fourth-order valence-corrected chi connectivity index (χ4v) is 3.38. The molecule has 0 unspecified atom stereocenters. The quantitative estimate of drug-likeness (QED) is 0.851. The van der Waals surface area contributed by atoms with Crippen molar-refractivity contribution in [2.24, 2.45) is 0 Å². The van der Waals surface area contributed by atoms with Crippen LogP contribution in [-0.2, 0) is 17.9 Å². The van der Waals surface area contributed by atoms with Gasteiger partial charge >= 0.3 is 0 Å². The summed E-state index contributed by atoms with van der Waals surface area (Å²) in [5, 5.41) is 0. The third-order valence-electron chi connectivity index (χ3n) is 4.86. The molecule has 0 saturated carbocycles. The maximum Gasteiger partial charge on any atom is 0.254 e. The molecule has 2 aromatic carbocycles. The van der Waals surface area contributed by atoms with Crippen molar-refractivity contribution in [3.63, 3.8) is 0 Å². The van der Waals surface area contributed by atoms with E-state index in [9.17, 15) is 4.79 Å². The Balaban J connectivity index is 1.54. The molecule has 1 aliphatic heterocycles. The molecular formula is C21H27N2O3+. The maximum atomic E-state index is 12.8. The van der Waals surface area contributed by atoms with Gasteiger partial charge in [-0.05, 0) is 42.0 Å². The maximum absolute atomic E-state index is 12.8. The lowest BCUT2D eigenvalue weighted by Gasteiger charge is -2.32. The van der Waals surface area contributed by atoms with E-state index in [1.165, 1.54) is 10.5 Å². The van der Waals surface area contributed by atoms with Gasteiger partial charge in [0.2, 0.25) is 0 Å². The molecule has 1 N–H and O–H groups in total. The van der Waals surface area contributed by atoms with Gasteiger partial charge in [-0.2, -0.15) is 0 Å². The van der Waals surface area contributed by atoms with E-state index in [1.807, 2.05) is 41.3 Å². The first-order chi connectivity index (χ1) is 12.7. The Morgan fingerprint density at radius 3 is 2.42 bits per heavy atom. The van der Waals surface area contributed by atoms with E-state index in [4.69, 9.17) is 9.47 Å². The van der Waals surface area contributed by atoms with E-state index in [2.05, 4.69) is 12.1 Å². The number of quaternary nitrogens is 1. The molecule has 5 nitrogen and oxygen atoms in total. The summed E-state index contributed by atoms with van der Waals surface area (Å²) >= 11 is 0. The summed E-state index contributed by atoms with van der Waals surface area (Å²) < 4.78 is 10.4. The monoisotopic (exact) mass is 355 g/mol. The molecule has 1 saturated heterocycles. The summed E-state index contributed by atoms with van der Waals surface area (Å²) in [5.74, 6) is 1.00. The van der Waals surface area contributed by atoms with Gasteiger partial charge in [-0.1, -0.05) is 12.1 Å². The van der Waals surface area contributed by atoms with Crippen molar-refractivity contribution >= 4 is 5.91 Å². The first kappa shape index (κ1) is 18.4. The topological polar surface area (TPSA) is 43.2 Å². The number of nitrogens with one attached hydrogen (secondary N) is 1. The molecule has 2 aromatic rings. The summed E-state index contributed by atoms with van der Waals surface area (Å²) in [6.07, 6.45) is 0. The SMILES string of the molecule is COCc1cccc(C(=O)N2CC[NH+](Cc3ccc(OC)cc3)CC2)c1. The zero-order valence-electron chi connectivity index (χ0n) is 15.5. The van der Waals surface area contributed by atoms with E-state index in [0.29, 0.717) is 6.61 Å². The van der Waals surface area contributed by atoms with Crippen LogP contribution in [0.5, 0.6) is 5.75 Å². The minimum atomic E-state index is 0.117. The second-order valence-corrected chi connectivity index (χ2v) is 6.70. The van der Waals surface area contributed by atoms with Crippen LogP contribution in [-0.4, -0.2) is 51.2 Å². The first-order valence-corrected chi connectivity index (χ1v) is 9.03. The molecule has 1 heterocycles. The molecule has 3 rings (SSSR count). The van der Waals surface area contributed by atoms with Gasteiger partial charge in [0.15, 0.2) is 0 Å². The highest BCUT2D eigenvalue weighted by molar-refractivity contribution is 5.94. The number of benzene rings is 2. The van der Waals surface area contributed by atoms with Gasteiger partial charge in [-0.25, -0.2) is 0 Å². The lowest BCUT2D eigenvalue weighted by atomic mass is 10.1. The van der Waals surface area contributed by atoms with Crippen LogP contribution in [0.2, 0.25) is 0 Å². The predicted octanol–water partition coefficient (Wildman–Crippen LogP) is 1.38. The number of carbonyl (C=O) groups is 1. The number of piperazine rings is 1. The van der Waals surface area contributed by atoms with Crippen molar-refractivity contribution in [3.8, 4) is 5.75 Å². The Labute approximate surface area is 155 Å². The number of carbonyl (C=O) groups excluding carboxylic acids is 1. The molecule has 5 heteroatoms. The third-order valence-corrected chi connectivity index (χ3v) is 4.86. The van der Waals surface area contributed by atoms with Crippen molar-refractivity contribution < 1.29 is 19.2 Å². The Morgan fingerprint density at radius 1 is 1.04 bits per heavy atom. The van der Waals surface area contributed by atoms with Crippen LogP contribution in [0.15, 0.2) is 48.5 Å². The molecule has 0 spiro atoms. The normalized spacial score (nSPS) is 15.1. The van der Waals surface area contributed by atoms with Crippen LogP contribution in [0, 0.1) is 0 Å². The lowest BCUT2D eigenvalue weighted by molar-refractivity contribution is -0.917. The second kappa shape index (κ2) is 8.83. The summed E-state index contributed by atoms with van der Waals surface area (Å²) in [4.78, 5) is 16.2. The average Bonchev–Trinajstić information content (AvgIpc) is 2.69. The van der Waals surface area contributed by atoms with Crippen molar-refractivity contribution in [2.45, 2.75) is 13.2 Å². The van der Waals surface area contributed by atoms with E-state index in [1.54, 1.807) is 14.2 Å². The van der Waals surface area contributed by atoms with Gasteiger partial charge in [-0.3, -0.25) is 4.79 Å². The van der Waals surface area contributed by atoms with Crippen molar-refractivity contribution in [2.75, 3.05) is 40.4 Å². The summed E-state index contributed by atoms with van der Waals surface area (Å²) in [7, 11) is 3.35. The van der Waals surface area contributed by atoms with Crippen molar-refractivity contribution in [3.05, 3.63) is 65.2 Å². The largest absolute Gasteiger partial charge is 0.497 e. The number of ether oxygens (including phenoxy) is 2. The lowest BCUT2D eigenvalue weighted by Crippen LogP contribution is -3.13. The van der Waals surface area contributed by atoms with Crippen LogP contribution in [0.4, 0.5) is 0 Å². The highest BCUT2D eigenvalue weighted by Crippen LogP contribution is 2.11. The second-order valence-electron chi connectivity index (χ2n) is 6.70. The Morgan fingerprint density at radius 2 is 1.77 bits per heavy atom. The van der Waals surface area contributed by atoms with Crippen LogP contribution < -0.4 is 9.64 Å². The van der Waals surface area contributed by atoms with Gasteiger partial charge < -0.3 is 19.3 Å². The minimum absolute atomic E-state index is 0.117. The van der Waals surface area contributed by atoms with Gasteiger partial charge in [0.1, 0.15) is 12.3 Å². The van der Waals surface area contributed by atoms with E-state index in [-0.39, 0.29) is 5.91 Å². The fourth-order valence-electron chi connectivity index (χ4n) is 3.38. The molecule has 1 aliphatic rings. The number of amides is 1. The molecule has 0 radical (unpaired) electrons. The number of hydrogen-bond donors (Lipinski definition) is 1. The number of nitrogens with zero attached hydrogens (tertiary/aromatic N) is 1. The highest BCUT2D eigenvalue weighted by Gasteiger charge is 2.24. The Hall–Kier alpha value is -2.37. The molecule has 138 valence electrons. The number of hydrogen-bond acceptors (Lipinski definition) is 3. The molecule has 0 aromatic heterocycles. The third kappa shape index (κ3) is 4.62. The van der Waals surface area contributed by atoms with Gasteiger partial charge in [-0.15, -0.1) is 0 Å². The summed E-state index contributed by atoms with van der Waals surface area (Å²) in [6.45, 7) is 5.03. The van der Waals surface area contributed by atoms with Crippen molar-refractivity contribution in [1.82, 2.24) is 4.90 Å². The Kier molecular flexibility index (Phi) is 6.26. The molecule has 1 amide bonds. The number of methoxy groups -OCH3 is 2. The molecular weight excluding hydrogens is 328 g/mol. The van der Waals surface area contributed by atoms with Crippen LogP contribution in [0.3, 0.4) is 0 Å². The standard InChI is InChI=1S/C21H26N2O3/c1-25-16-18-4-3-5-19(14-18)21(24)23-12-10-22(11-13-23)15-17-6-8-20(26-2)9-7-17/h3-9,14H,10-13,15-16H2,1-2H3/p+1. The average molecular weight is 355 g/mol. The van der Waals surface area contributed by atoms with Gasteiger partial charge in [0.05, 0.1) is 39.9 Å². The summed E-state index contributed by atoms with van der Waals surface area (Å²) in [6, 6.07) is 16.0. The van der Waals surface area contributed by atoms with Crippen LogP contribution in [0.1, 0.15) is 21.5 Å². The van der Waals surface area contributed by atoms with Gasteiger partial charge in [0.25, 0.3) is 5.91 Å². The van der Waals surface area contributed by atoms with Crippen molar-refractivity contribution in [1.29, 1.82) is 0 Å². The number of rotatable bonds is 6. The molecule has 26 heavy (non-hydrogen) atoms. The first-order valence-electron chi connectivity index (χ1n) is 9.03. The zero-order valence-corrected chi connectivity index (χ0v) is 15.5. The molecule has 1 fully saturated rings. The molecule has 0 atom stereocenters. The predicted molar refractivity (Wildman–Crippen MR) is 100 cm³/mol. The minimum Gasteiger partial charge on any atom is -0.497 e. The van der Waals surface area contributed by atoms with E-state index < -0.39 is 0 Å².